The van der Waals surface area contributed by atoms with Gasteiger partial charge in [-0.15, -0.1) is 0 Å². The molecule has 6 nitrogen and oxygen atoms in total. The average molecular weight is 164 g/mol. The lowest BCUT2D eigenvalue weighted by atomic mass is 10.1. The summed E-state index contributed by atoms with van der Waals surface area (Å²) in [6.07, 6.45) is -4.58. The highest BCUT2D eigenvalue weighted by molar-refractivity contribution is 5.75. The van der Waals surface area contributed by atoms with E-state index < -0.39 is 30.6 Å². The standard InChI is InChI=1S/C5H8O6/c6-2(1-3(7)8)4(9)5(10)11/h2,4,6,9H,1H2,(H,7,8)(H,10,11). The van der Waals surface area contributed by atoms with Gasteiger partial charge in [-0.25, -0.2) is 4.79 Å². The van der Waals surface area contributed by atoms with E-state index in [9.17, 15) is 9.59 Å². The molecule has 0 aliphatic heterocycles. The highest BCUT2D eigenvalue weighted by Gasteiger charge is 2.25. The lowest BCUT2D eigenvalue weighted by Gasteiger charge is -2.10. The number of carboxylic acid groups (broad SMARTS) is 2. The number of carbonyl (C=O) groups is 2. The van der Waals surface area contributed by atoms with E-state index in [1.165, 1.54) is 0 Å². The molecule has 0 aromatic rings. The third-order valence-electron chi connectivity index (χ3n) is 1.00. The Labute approximate surface area is 61.7 Å². The van der Waals surface area contributed by atoms with Gasteiger partial charge in [-0.3, -0.25) is 4.79 Å². The Hall–Kier alpha value is -1.14. The van der Waals surface area contributed by atoms with Crippen molar-refractivity contribution in [2.45, 2.75) is 18.6 Å². The zero-order valence-electron chi connectivity index (χ0n) is 5.47. The summed E-state index contributed by atoms with van der Waals surface area (Å²) in [4.78, 5) is 19.8. The normalized spacial score (nSPS) is 15.5. The molecule has 0 aromatic carbocycles. The maximum atomic E-state index is 9.92. The minimum atomic E-state index is -2.04. The molecule has 0 saturated heterocycles. The summed E-state index contributed by atoms with van der Waals surface area (Å²) in [7, 11) is 0. The van der Waals surface area contributed by atoms with Crippen LogP contribution < -0.4 is 0 Å². The van der Waals surface area contributed by atoms with E-state index in [1.807, 2.05) is 0 Å². The fraction of sp³-hybridized carbons (Fsp3) is 0.600. The van der Waals surface area contributed by atoms with Crippen LogP contribution in [-0.2, 0) is 9.59 Å². The van der Waals surface area contributed by atoms with E-state index in [-0.39, 0.29) is 0 Å². The van der Waals surface area contributed by atoms with Gasteiger partial charge in [0, 0.05) is 0 Å². The predicted molar refractivity (Wildman–Crippen MR) is 31.9 cm³/mol. The highest BCUT2D eigenvalue weighted by Crippen LogP contribution is 1.98. The van der Waals surface area contributed by atoms with Gasteiger partial charge in [0.2, 0.25) is 0 Å². The fourth-order valence-corrected chi connectivity index (χ4v) is 0.455. The van der Waals surface area contributed by atoms with Gasteiger partial charge in [-0.1, -0.05) is 0 Å². The van der Waals surface area contributed by atoms with Gasteiger partial charge >= 0.3 is 11.9 Å². The Balaban J connectivity index is 3.92. The van der Waals surface area contributed by atoms with Crippen LogP contribution in [-0.4, -0.2) is 44.6 Å². The van der Waals surface area contributed by atoms with Gasteiger partial charge in [0.05, 0.1) is 6.42 Å². The van der Waals surface area contributed by atoms with E-state index >= 15 is 0 Å². The molecule has 0 aliphatic carbocycles. The van der Waals surface area contributed by atoms with Crippen LogP contribution in [0.3, 0.4) is 0 Å². The molecule has 6 heteroatoms. The lowest BCUT2D eigenvalue weighted by Crippen LogP contribution is -2.35. The largest absolute Gasteiger partial charge is 0.481 e. The van der Waals surface area contributed by atoms with Crippen LogP contribution in [0.5, 0.6) is 0 Å². The summed E-state index contributed by atoms with van der Waals surface area (Å²) in [6.45, 7) is 0. The van der Waals surface area contributed by atoms with E-state index in [0.717, 1.165) is 0 Å². The molecule has 0 aliphatic rings. The van der Waals surface area contributed by atoms with Crippen LogP contribution in [0.2, 0.25) is 0 Å². The first-order chi connectivity index (χ1) is 4.95. The highest BCUT2D eigenvalue weighted by atomic mass is 16.4. The minimum Gasteiger partial charge on any atom is -0.481 e. The van der Waals surface area contributed by atoms with Crippen molar-refractivity contribution in [1.82, 2.24) is 0 Å². The molecule has 0 spiro atoms. The van der Waals surface area contributed by atoms with Crippen LogP contribution in [0, 0.1) is 0 Å². The number of aliphatic hydroxyl groups is 2. The number of hydrogen-bond acceptors (Lipinski definition) is 4. The fourth-order valence-electron chi connectivity index (χ4n) is 0.455. The number of aliphatic hydroxyl groups excluding tert-OH is 2. The molecule has 4 N–H and O–H groups in total. The first-order valence-corrected chi connectivity index (χ1v) is 2.76. The Morgan fingerprint density at radius 3 is 1.91 bits per heavy atom. The van der Waals surface area contributed by atoms with E-state index in [2.05, 4.69) is 0 Å². The monoisotopic (exact) mass is 164 g/mol. The summed E-state index contributed by atoms with van der Waals surface area (Å²) < 4.78 is 0. The average Bonchev–Trinajstić information content (AvgIpc) is 1.84. The molecule has 2 unspecified atom stereocenters. The van der Waals surface area contributed by atoms with Gasteiger partial charge in [-0.05, 0) is 0 Å². The van der Waals surface area contributed by atoms with Crippen LogP contribution >= 0.6 is 0 Å². The number of aliphatic carboxylic acids is 2. The van der Waals surface area contributed by atoms with Gasteiger partial charge < -0.3 is 20.4 Å². The Kier molecular flexibility index (Phi) is 3.49. The molecule has 0 amide bonds. The second-order valence-electron chi connectivity index (χ2n) is 1.95. The summed E-state index contributed by atoms with van der Waals surface area (Å²) in [6, 6.07) is 0. The first-order valence-electron chi connectivity index (χ1n) is 2.76. The number of carboxylic acids is 2. The molecule has 0 fully saturated rings. The summed E-state index contributed by atoms with van der Waals surface area (Å²) >= 11 is 0. The van der Waals surface area contributed by atoms with Crippen LogP contribution in [0.25, 0.3) is 0 Å². The zero-order valence-corrected chi connectivity index (χ0v) is 5.47. The van der Waals surface area contributed by atoms with E-state index in [4.69, 9.17) is 20.4 Å². The lowest BCUT2D eigenvalue weighted by molar-refractivity contribution is -0.155. The number of rotatable bonds is 4. The minimum absolute atomic E-state index is 0.784. The summed E-state index contributed by atoms with van der Waals surface area (Å²) in [5.41, 5.74) is 0. The van der Waals surface area contributed by atoms with Crippen LogP contribution in [0.4, 0.5) is 0 Å². The molecule has 2 atom stereocenters. The van der Waals surface area contributed by atoms with Crippen molar-refractivity contribution in [2.24, 2.45) is 0 Å². The third kappa shape index (κ3) is 3.54. The molecule has 0 radical (unpaired) electrons. The van der Waals surface area contributed by atoms with E-state index in [0.29, 0.717) is 0 Å². The zero-order chi connectivity index (χ0) is 9.02. The molecule has 0 bridgehead atoms. The molecular formula is C5H8O6. The van der Waals surface area contributed by atoms with Crippen molar-refractivity contribution in [3.05, 3.63) is 0 Å². The first kappa shape index (κ1) is 9.86. The topological polar surface area (TPSA) is 115 Å². The quantitative estimate of drug-likeness (QED) is 0.392. The molecule has 0 rings (SSSR count). The molecular weight excluding hydrogens is 156 g/mol. The molecule has 0 aromatic heterocycles. The second-order valence-corrected chi connectivity index (χ2v) is 1.95. The summed E-state index contributed by atoms with van der Waals surface area (Å²) in [5.74, 6) is -3.00. The third-order valence-corrected chi connectivity index (χ3v) is 1.00. The van der Waals surface area contributed by atoms with Gasteiger partial charge in [0.1, 0.15) is 6.10 Å². The van der Waals surface area contributed by atoms with Crippen molar-refractivity contribution in [3.63, 3.8) is 0 Å². The van der Waals surface area contributed by atoms with Crippen molar-refractivity contribution < 1.29 is 30.0 Å². The van der Waals surface area contributed by atoms with E-state index in [1.54, 1.807) is 0 Å². The molecule has 0 saturated carbocycles. The molecule has 0 heterocycles. The second kappa shape index (κ2) is 3.89. The van der Waals surface area contributed by atoms with Gasteiger partial charge in [0.25, 0.3) is 0 Å². The van der Waals surface area contributed by atoms with Crippen molar-refractivity contribution >= 4 is 11.9 Å². The van der Waals surface area contributed by atoms with Crippen molar-refractivity contribution in [1.29, 1.82) is 0 Å². The Bertz CT molecular complexity index is 164. The predicted octanol–water partition coefficient (Wildman–Crippen LogP) is -1.73. The van der Waals surface area contributed by atoms with Crippen molar-refractivity contribution in [3.8, 4) is 0 Å². The number of hydrogen-bond donors (Lipinski definition) is 4. The smallest absolute Gasteiger partial charge is 0.335 e. The van der Waals surface area contributed by atoms with Crippen LogP contribution in [0.15, 0.2) is 0 Å². The molecule has 11 heavy (non-hydrogen) atoms. The maximum Gasteiger partial charge on any atom is 0.335 e. The summed E-state index contributed by atoms with van der Waals surface area (Å²) in [5, 5.41) is 33.3. The van der Waals surface area contributed by atoms with Gasteiger partial charge in [0.15, 0.2) is 6.10 Å². The van der Waals surface area contributed by atoms with Gasteiger partial charge in [-0.2, -0.15) is 0 Å². The Morgan fingerprint density at radius 2 is 1.64 bits per heavy atom. The van der Waals surface area contributed by atoms with Crippen LogP contribution in [0.1, 0.15) is 6.42 Å². The van der Waals surface area contributed by atoms with Crippen molar-refractivity contribution in [2.75, 3.05) is 0 Å². The Morgan fingerprint density at radius 1 is 1.18 bits per heavy atom. The maximum absolute atomic E-state index is 9.92. The molecule has 64 valence electrons. The SMILES string of the molecule is O=C(O)CC(O)C(O)C(=O)O.